The number of carbonyl (C=O) groups is 2. The Morgan fingerprint density at radius 1 is 0.840 bits per heavy atom. The summed E-state index contributed by atoms with van der Waals surface area (Å²) in [6.07, 6.45) is 3.42. The minimum absolute atomic E-state index is 0.0215. The molecule has 126 valence electrons. The summed E-state index contributed by atoms with van der Waals surface area (Å²) in [5.74, 6) is 1.90. The van der Waals surface area contributed by atoms with Crippen molar-refractivity contribution >= 4 is 28.5 Å². The van der Waals surface area contributed by atoms with Gasteiger partial charge in [-0.15, -0.1) is 0 Å². The molecule has 1 aromatic carbocycles. The van der Waals surface area contributed by atoms with Crippen molar-refractivity contribution in [1.82, 2.24) is 0 Å². The number of carbonyl (C=O) groups excluding carboxylic acids is 2. The fraction of sp³-hybridized carbons (Fsp3) is 0.450. The van der Waals surface area contributed by atoms with Crippen LogP contribution in [0.15, 0.2) is 39.5 Å². The highest BCUT2D eigenvalue weighted by Gasteiger charge is 2.68. The summed E-state index contributed by atoms with van der Waals surface area (Å²) in [5, 5.41) is 0.721. The molecule has 25 heavy (non-hydrogen) atoms. The van der Waals surface area contributed by atoms with Crippen molar-refractivity contribution in [3.63, 3.8) is 0 Å². The van der Waals surface area contributed by atoms with E-state index in [9.17, 15) is 14.4 Å². The molecule has 4 aliphatic carbocycles. The first-order valence-electron chi connectivity index (χ1n) is 9.05. The molecular weight excluding hydrogens is 318 g/mol. The van der Waals surface area contributed by atoms with Gasteiger partial charge in [0, 0.05) is 11.5 Å². The van der Waals surface area contributed by atoms with Crippen molar-refractivity contribution < 1.29 is 14.0 Å². The molecular formula is C20H17NO4. The monoisotopic (exact) mass is 335 g/mol. The van der Waals surface area contributed by atoms with Gasteiger partial charge in [0.05, 0.1) is 17.5 Å². The van der Waals surface area contributed by atoms with E-state index in [1.807, 2.05) is 0 Å². The normalized spacial score (nSPS) is 38.2. The van der Waals surface area contributed by atoms with Gasteiger partial charge in [-0.25, -0.2) is 4.79 Å². The lowest BCUT2D eigenvalue weighted by atomic mass is 9.59. The van der Waals surface area contributed by atoms with Crippen LogP contribution in [0, 0.1) is 35.5 Å². The van der Waals surface area contributed by atoms with Crippen LogP contribution in [0.5, 0.6) is 0 Å². The van der Waals surface area contributed by atoms with E-state index in [4.69, 9.17) is 4.42 Å². The maximum Gasteiger partial charge on any atom is 0.336 e. The lowest BCUT2D eigenvalue weighted by Gasteiger charge is -2.42. The molecule has 0 N–H and O–H groups in total. The van der Waals surface area contributed by atoms with E-state index in [-0.39, 0.29) is 23.7 Å². The second kappa shape index (κ2) is 4.40. The van der Waals surface area contributed by atoms with E-state index in [0.29, 0.717) is 34.9 Å². The predicted molar refractivity (Wildman–Crippen MR) is 89.8 cm³/mol. The Bertz CT molecular complexity index is 974. The van der Waals surface area contributed by atoms with E-state index >= 15 is 0 Å². The van der Waals surface area contributed by atoms with E-state index in [0.717, 1.165) is 18.2 Å². The number of hydrogen-bond donors (Lipinski definition) is 0. The van der Waals surface area contributed by atoms with Gasteiger partial charge in [0.1, 0.15) is 5.58 Å². The summed E-state index contributed by atoms with van der Waals surface area (Å²) < 4.78 is 5.15. The molecule has 5 heteroatoms. The van der Waals surface area contributed by atoms with Gasteiger partial charge in [-0.3, -0.25) is 14.5 Å². The molecule has 2 heterocycles. The van der Waals surface area contributed by atoms with Crippen LogP contribution in [0.2, 0.25) is 0 Å². The summed E-state index contributed by atoms with van der Waals surface area (Å²) >= 11 is 0. The highest BCUT2D eigenvalue weighted by Crippen LogP contribution is 2.68. The molecule has 0 spiro atoms. The topological polar surface area (TPSA) is 67.6 Å². The summed E-state index contributed by atoms with van der Waals surface area (Å²) in [6.45, 7) is 0. The molecule has 2 amide bonds. The molecule has 1 aliphatic heterocycles. The Morgan fingerprint density at radius 3 is 2.20 bits per heavy atom. The quantitative estimate of drug-likeness (QED) is 0.593. The smallest absolute Gasteiger partial charge is 0.336 e. The third-order valence-corrected chi connectivity index (χ3v) is 7.01. The van der Waals surface area contributed by atoms with Gasteiger partial charge >= 0.3 is 5.63 Å². The number of anilines is 1. The molecule has 1 saturated heterocycles. The SMILES string of the molecule is O=C1[C@@H]2[C@@H]3CC[C@@H]([C@@H]4C[C@@H]43)[C@@H]2C(=O)N1c1ccc2oc(=O)ccc2c1. The van der Waals surface area contributed by atoms with Gasteiger partial charge in [0.2, 0.25) is 11.8 Å². The van der Waals surface area contributed by atoms with Gasteiger partial charge < -0.3 is 4.42 Å². The van der Waals surface area contributed by atoms with Gasteiger partial charge in [0.25, 0.3) is 0 Å². The molecule has 2 bridgehead atoms. The van der Waals surface area contributed by atoms with Crippen LogP contribution in [0.25, 0.3) is 11.0 Å². The van der Waals surface area contributed by atoms with Crippen LogP contribution in [-0.2, 0) is 9.59 Å². The number of amides is 2. The van der Waals surface area contributed by atoms with Crippen molar-refractivity contribution in [3.05, 3.63) is 40.8 Å². The lowest BCUT2D eigenvalue weighted by molar-refractivity contribution is -0.129. The first kappa shape index (κ1) is 13.8. The zero-order valence-electron chi connectivity index (χ0n) is 13.6. The number of nitrogens with zero attached hydrogens (tertiary/aromatic N) is 1. The maximum atomic E-state index is 13.1. The number of imide groups is 1. The summed E-state index contributed by atoms with van der Waals surface area (Å²) in [5.41, 5.74) is 0.656. The minimum Gasteiger partial charge on any atom is -0.423 e. The van der Waals surface area contributed by atoms with Crippen LogP contribution in [0.4, 0.5) is 5.69 Å². The largest absolute Gasteiger partial charge is 0.423 e. The highest BCUT2D eigenvalue weighted by atomic mass is 16.4. The molecule has 6 atom stereocenters. The van der Waals surface area contributed by atoms with Crippen molar-refractivity contribution in [1.29, 1.82) is 0 Å². The fourth-order valence-corrected chi connectivity index (χ4v) is 5.99. The zero-order chi connectivity index (χ0) is 16.9. The maximum absolute atomic E-state index is 13.1. The van der Waals surface area contributed by atoms with Crippen molar-refractivity contribution in [2.24, 2.45) is 35.5 Å². The fourth-order valence-electron chi connectivity index (χ4n) is 5.99. The molecule has 2 aromatic rings. The van der Waals surface area contributed by atoms with Crippen LogP contribution >= 0.6 is 0 Å². The number of benzene rings is 1. The Labute approximate surface area is 143 Å². The summed E-state index contributed by atoms with van der Waals surface area (Å²) in [6, 6.07) is 8.17. The molecule has 5 fully saturated rings. The minimum atomic E-state index is -0.407. The first-order valence-corrected chi connectivity index (χ1v) is 9.05. The highest BCUT2D eigenvalue weighted by molar-refractivity contribution is 6.22. The third kappa shape index (κ3) is 1.66. The molecule has 0 radical (unpaired) electrons. The second-order valence-corrected chi connectivity index (χ2v) is 8.01. The second-order valence-electron chi connectivity index (χ2n) is 8.01. The zero-order valence-corrected chi connectivity index (χ0v) is 13.6. The van der Waals surface area contributed by atoms with Crippen LogP contribution in [0.3, 0.4) is 0 Å². The van der Waals surface area contributed by atoms with Crippen molar-refractivity contribution in [3.8, 4) is 0 Å². The van der Waals surface area contributed by atoms with Gasteiger partial charge in [-0.2, -0.15) is 0 Å². The van der Waals surface area contributed by atoms with E-state index in [1.54, 1.807) is 24.3 Å². The third-order valence-electron chi connectivity index (χ3n) is 7.01. The van der Waals surface area contributed by atoms with E-state index < -0.39 is 5.63 Å². The van der Waals surface area contributed by atoms with Gasteiger partial charge in [-0.1, -0.05) is 0 Å². The van der Waals surface area contributed by atoms with Crippen LogP contribution in [-0.4, -0.2) is 11.8 Å². The molecule has 7 rings (SSSR count). The summed E-state index contributed by atoms with van der Waals surface area (Å²) in [4.78, 5) is 39.0. The average molecular weight is 335 g/mol. The Hall–Kier alpha value is -2.43. The molecule has 4 saturated carbocycles. The number of hydrogen-bond acceptors (Lipinski definition) is 4. The molecule has 5 aliphatic rings. The van der Waals surface area contributed by atoms with Gasteiger partial charge in [-0.05, 0) is 67.2 Å². The van der Waals surface area contributed by atoms with Crippen molar-refractivity contribution in [2.75, 3.05) is 4.90 Å². The molecule has 1 aromatic heterocycles. The standard InChI is InChI=1S/C20H17NO4/c22-16-6-1-9-7-10(2-5-15(9)25-16)21-19(23)17-11-3-4-12(14-8-13(11)14)18(17)20(21)24/h1-2,5-7,11-14,17-18H,3-4,8H2/t11-,12+,13-,14+,17-,18+. The molecule has 0 unspecified atom stereocenters. The number of rotatable bonds is 1. The van der Waals surface area contributed by atoms with Crippen LogP contribution < -0.4 is 10.5 Å². The lowest BCUT2D eigenvalue weighted by Crippen LogP contribution is -2.43. The van der Waals surface area contributed by atoms with Crippen molar-refractivity contribution in [2.45, 2.75) is 19.3 Å². The van der Waals surface area contributed by atoms with Crippen LogP contribution in [0.1, 0.15) is 19.3 Å². The molecule has 5 nitrogen and oxygen atoms in total. The summed E-state index contributed by atoms with van der Waals surface area (Å²) in [7, 11) is 0. The van der Waals surface area contributed by atoms with E-state index in [1.165, 1.54) is 17.4 Å². The Kier molecular flexibility index (Phi) is 2.43. The Balaban J connectivity index is 1.45. The predicted octanol–water partition coefficient (Wildman–Crippen LogP) is 2.57. The first-order chi connectivity index (χ1) is 12.1. The van der Waals surface area contributed by atoms with Gasteiger partial charge in [0.15, 0.2) is 0 Å². The average Bonchev–Trinajstić information content (AvgIpc) is 3.39. The Morgan fingerprint density at radius 2 is 1.52 bits per heavy atom. The number of fused-ring (bicyclic) bond motifs is 2. The van der Waals surface area contributed by atoms with E-state index in [2.05, 4.69) is 0 Å².